The summed E-state index contributed by atoms with van der Waals surface area (Å²) >= 11 is 1.26. The molecule has 1 aliphatic carbocycles. The highest BCUT2D eigenvalue weighted by Gasteiger charge is 2.30. The van der Waals surface area contributed by atoms with E-state index in [-0.39, 0.29) is 35.6 Å². The van der Waals surface area contributed by atoms with E-state index in [2.05, 4.69) is 30.5 Å². The van der Waals surface area contributed by atoms with E-state index in [9.17, 15) is 18.0 Å². The lowest BCUT2D eigenvalue weighted by molar-refractivity contribution is -0.117. The van der Waals surface area contributed by atoms with Crippen LogP contribution in [-0.4, -0.2) is 55.8 Å². The standard InChI is InChI=1S/C22H25N7O5S2/c1-23-21(31)18-16(9-17(28-29-18)27-20(30)12-7-8-12)26-15-6-4-5-14(19(15)34-2)22-24-10-13(35-22)11-25-36(3,32)33/h4-6,9-10,12,25H,7-8,11H2,1-3H3,(H,23,31)(H2,26,27,28,30)/i1D3. The van der Waals surface area contributed by atoms with Gasteiger partial charge >= 0.3 is 0 Å². The Hall–Kier alpha value is -3.62. The number of carbonyl (C=O) groups is 2. The topological polar surface area (TPSA) is 164 Å². The highest BCUT2D eigenvalue weighted by atomic mass is 32.2. The SMILES string of the molecule is [2H]C([2H])([2H])NC(=O)c1nnc(NC(=O)C2CC2)cc1Nc1cccc(-c2ncc(CNS(C)(=O)=O)s2)c1OC. The molecule has 1 saturated carbocycles. The van der Waals surface area contributed by atoms with Crippen molar-refractivity contribution in [2.45, 2.75) is 19.4 Å². The van der Waals surface area contributed by atoms with Crippen molar-refractivity contribution in [1.29, 1.82) is 0 Å². The number of hydrogen-bond acceptors (Lipinski definition) is 10. The number of rotatable bonds is 10. The number of amides is 2. The van der Waals surface area contributed by atoms with Gasteiger partial charge in [0.25, 0.3) is 5.91 Å². The minimum Gasteiger partial charge on any atom is -0.494 e. The molecule has 0 atom stereocenters. The molecule has 1 fully saturated rings. The van der Waals surface area contributed by atoms with Gasteiger partial charge in [0.15, 0.2) is 17.3 Å². The highest BCUT2D eigenvalue weighted by molar-refractivity contribution is 7.88. The molecule has 12 nitrogen and oxygen atoms in total. The number of ether oxygens (including phenoxy) is 1. The first-order valence-corrected chi connectivity index (χ1v) is 13.4. The third kappa shape index (κ3) is 6.13. The lowest BCUT2D eigenvalue weighted by Crippen LogP contribution is -2.22. The maximum atomic E-state index is 12.7. The van der Waals surface area contributed by atoms with Crippen LogP contribution in [0.4, 0.5) is 17.2 Å². The van der Waals surface area contributed by atoms with Crippen molar-refractivity contribution in [2.75, 3.05) is 31.0 Å². The summed E-state index contributed by atoms with van der Waals surface area (Å²) in [5, 5.41) is 15.9. The maximum Gasteiger partial charge on any atom is 0.273 e. The maximum absolute atomic E-state index is 12.7. The highest BCUT2D eigenvalue weighted by Crippen LogP contribution is 2.40. The molecule has 0 saturated heterocycles. The van der Waals surface area contributed by atoms with Crippen molar-refractivity contribution in [1.82, 2.24) is 25.2 Å². The van der Waals surface area contributed by atoms with Crippen LogP contribution < -0.4 is 25.4 Å². The Balaban J connectivity index is 1.67. The number of thiazole rings is 1. The number of anilines is 3. The second-order valence-electron chi connectivity index (χ2n) is 7.95. The molecule has 4 rings (SSSR count). The van der Waals surface area contributed by atoms with Gasteiger partial charge in [0.05, 0.1) is 30.3 Å². The Morgan fingerprint density at radius 2 is 2.06 bits per heavy atom. The first kappa shape index (κ1) is 21.6. The largest absolute Gasteiger partial charge is 0.494 e. The molecule has 0 radical (unpaired) electrons. The van der Waals surface area contributed by atoms with Gasteiger partial charge in [-0.1, -0.05) is 6.07 Å². The summed E-state index contributed by atoms with van der Waals surface area (Å²) < 4.78 is 53.0. The number of carbonyl (C=O) groups excluding carboxylic acids is 2. The molecular formula is C22H25N7O5S2. The lowest BCUT2D eigenvalue weighted by atomic mass is 10.1. The van der Waals surface area contributed by atoms with E-state index in [1.807, 2.05) is 5.32 Å². The summed E-state index contributed by atoms with van der Waals surface area (Å²) in [5.74, 6) is -0.896. The summed E-state index contributed by atoms with van der Waals surface area (Å²) in [6.45, 7) is -2.68. The van der Waals surface area contributed by atoms with Gasteiger partial charge in [-0.25, -0.2) is 18.1 Å². The van der Waals surface area contributed by atoms with Crippen LogP contribution in [0.1, 0.15) is 32.3 Å². The fourth-order valence-electron chi connectivity index (χ4n) is 3.23. The molecule has 0 unspecified atom stereocenters. The molecule has 0 aliphatic heterocycles. The Morgan fingerprint density at radius 1 is 1.25 bits per heavy atom. The van der Waals surface area contributed by atoms with Crippen LogP contribution in [0, 0.1) is 5.92 Å². The number of nitrogens with one attached hydrogen (secondary N) is 4. The predicted molar refractivity (Wildman–Crippen MR) is 136 cm³/mol. The summed E-state index contributed by atoms with van der Waals surface area (Å²) in [6.07, 6.45) is 4.17. The summed E-state index contributed by atoms with van der Waals surface area (Å²) in [6, 6.07) is 6.51. The van der Waals surface area contributed by atoms with Crippen LogP contribution in [0.25, 0.3) is 10.6 Å². The smallest absolute Gasteiger partial charge is 0.273 e. The number of hydrogen-bond donors (Lipinski definition) is 4. The van der Waals surface area contributed by atoms with Crippen molar-refractivity contribution >= 4 is 50.4 Å². The molecule has 190 valence electrons. The molecule has 3 aromatic rings. The van der Waals surface area contributed by atoms with Crippen LogP contribution in [0.2, 0.25) is 0 Å². The summed E-state index contributed by atoms with van der Waals surface area (Å²) in [7, 11) is -1.94. The van der Waals surface area contributed by atoms with Crippen LogP contribution in [-0.2, 0) is 21.4 Å². The summed E-state index contributed by atoms with van der Waals surface area (Å²) in [4.78, 5) is 30.0. The normalized spacial score (nSPS) is 14.8. The second-order valence-corrected chi connectivity index (χ2v) is 10.9. The van der Waals surface area contributed by atoms with Gasteiger partial charge in [0.2, 0.25) is 15.9 Å². The van der Waals surface area contributed by atoms with Crippen LogP contribution in [0.15, 0.2) is 30.5 Å². The fourth-order valence-corrected chi connectivity index (χ4v) is 4.62. The van der Waals surface area contributed by atoms with E-state index in [1.54, 1.807) is 24.4 Å². The van der Waals surface area contributed by atoms with E-state index < -0.39 is 22.9 Å². The van der Waals surface area contributed by atoms with Gasteiger partial charge in [-0.15, -0.1) is 21.5 Å². The van der Waals surface area contributed by atoms with E-state index in [4.69, 9.17) is 8.85 Å². The molecule has 1 aliphatic rings. The monoisotopic (exact) mass is 534 g/mol. The van der Waals surface area contributed by atoms with Crippen LogP contribution >= 0.6 is 11.3 Å². The second kappa shape index (κ2) is 10.6. The third-order valence-corrected chi connectivity index (χ3v) is 6.80. The molecule has 14 heteroatoms. The van der Waals surface area contributed by atoms with E-state index in [0.717, 1.165) is 19.1 Å². The van der Waals surface area contributed by atoms with Gasteiger partial charge in [-0.3, -0.25) is 9.59 Å². The molecule has 0 spiro atoms. The average molecular weight is 535 g/mol. The van der Waals surface area contributed by atoms with Crippen molar-refractivity contribution < 1.29 is 26.9 Å². The molecule has 1 aromatic carbocycles. The first-order valence-electron chi connectivity index (χ1n) is 12.2. The van der Waals surface area contributed by atoms with Crippen molar-refractivity contribution in [3.63, 3.8) is 0 Å². The van der Waals surface area contributed by atoms with E-state index in [0.29, 0.717) is 26.9 Å². The van der Waals surface area contributed by atoms with Gasteiger partial charge < -0.3 is 20.7 Å². The minimum absolute atomic E-state index is 0.0745. The Bertz CT molecular complexity index is 1510. The van der Waals surface area contributed by atoms with Gasteiger partial charge in [-0.05, 0) is 25.0 Å². The molecule has 4 N–H and O–H groups in total. The molecule has 2 amide bonds. The predicted octanol–water partition coefficient (Wildman–Crippen LogP) is 2.11. The molecule has 0 bridgehead atoms. The molecule has 2 aromatic heterocycles. The van der Waals surface area contributed by atoms with Gasteiger partial charge in [0, 0.05) is 40.7 Å². The van der Waals surface area contributed by atoms with Gasteiger partial charge in [-0.2, -0.15) is 0 Å². The molecule has 36 heavy (non-hydrogen) atoms. The average Bonchev–Trinajstić information content (AvgIpc) is 3.59. The van der Waals surface area contributed by atoms with Crippen LogP contribution in [0.5, 0.6) is 5.75 Å². The lowest BCUT2D eigenvalue weighted by Gasteiger charge is -2.16. The zero-order chi connectivity index (χ0) is 28.4. The Labute approximate surface area is 216 Å². The molecular weight excluding hydrogens is 506 g/mol. The van der Waals surface area contributed by atoms with Crippen molar-refractivity contribution in [2.24, 2.45) is 5.92 Å². The zero-order valence-electron chi connectivity index (χ0n) is 22.3. The number of aromatic nitrogens is 3. The van der Waals surface area contributed by atoms with Crippen molar-refractivity contribution in [3.05, 3.63) is 41.0 Å². The zero-order valence-corrected chi connectivity index (χ0v) is 20.9. The van der Waals surface area contributed by atoms with Gasteiger partial charge in [0.1, 0.15) is 5.01 Å². The van der Waals surface area contributed by atoms with Crippen molar-refractivity contribution in [3.8, 4) is 16.3 Å². The molecule has 2 heterocycles. The fraction of sp³-hybridized carbons (Fsp3) is 0.318. The number of nitrogens with zero attached hydrogens (tertiary/aromatic N) is 3. The minimum atomic E-state index is -3.38. The van der Waals surface area contributed by atoms with E-state index >= 15 is 0 Å². The number of sulfonamides is 1. The summed E-state index contributed by atoms with van der Waals surface area (Å²) in [5.41, 5.74) is 0.726. The third-order valence-electron chi connectivity index (χ3n) is 5.10. The van der Waals surface area contributed by atoms with Crippen LogP contribution in [0.3, 0.4) is 0 Å². The number of benzene rings is 1. The Morgan fingerprint density at radius 3 is 2.75 bits per heavy atom. The first-order chi connectivity index (χ1) is 18.3. The van der Waals surface area contributed by atoms with E-state index in [1.165, 1.54) is 24.5 Å². The number of methoxy groups -OCH3 is 1. The quantitative estimate of drug-likeness (QED) is 0.305. The Kier molecular flexibility index (Phi) is 6.35. The number of para-hydroxylation sites is 1.